The molecule has 0 aliphatic rings. The van der Waals surface area contributed by atoms with Crippen molar-refractivity contribution in [2.45, 2.75) is 180 Å². The number of carboxylic acid groups (broad SMARTS) is 1. The lowest BCUT2D eigenvalue weighted by Gasteiger charge is -2.33. The number of hydrogen-bond donors (Lipinski definition) is 19. The van der Waals surface area contributed by atoms with Crippen molar-refractivity contribution in [3.05, 3.63) is 71.8 Å². The van der Waals surface area contributed by atoms with E-state index in [1.165, 1.54) is 13.8 Å². The van der Waals surface area contributed by atoms with Crippen LogP contribution in [0.25, 0.3) is 0 Å². The van der Waals surface area contributed by atoms with Crippen molar-refractivity contribution >= 4 is 71.4 Å². The van der Waals surface area contributed by atoms with Crippen LogP contribution in [0, 0.1) is 23.2 Å². The number of amides is 10. The van der Waals surface area contributed by atoms with Crippen LogP contribution in [-0.4, -0.2) is 201 Å². The summed E-state index contributed by atoms with van der Waals surface area (Å²) in [4.78, 5) is 151. The highest BCUT2D eigenvalue weighted by atomic mass is 16.6. The van der Waals surface area contributed by atoms with E-state index < -0.39 is 181 Å². The molecule has 13 atom stereocenters. The third kappa shape index (κ3) is 27.5. The first kappa shape index (κ1) is 78.4. The number of aliphatic hydroxyl groups is 5. The van der Waals surface area contributed by atoms with Crippen LogP contribution in [0.4, 0.5) is 9.59 Å². The van der Waals surface area contributed by atoms with Crippen LogP contribution in [0.5, 0.6) is 0 Å². The fraction of sp³-hybridized carbons (Fsp3) is 0.593. The molecule has 0 saturated heterocycles. The minimum atomic E-state index is -1.91. The Kier molecular flexibility index (Phi) is 33.4. The van der Waals surface area contributed by atoms with E-state index in [1.54, 1.807) is 109 Å². The average molecular weight is 1290 g/mol. The molecule has 2 aromatic carbocycles. The Balaban J connectivity index is 2.57. The maximum absolute atomic E-state index is 14.8. The van der Waals surface area contributed by atoms with Gasteiger partial charge in [0.1, 0.15) is 66.6 Å². The second-order valence-electron chi connectivity index (χ2n) is 23.3. The molecule has 0 heterocycles. The number of benzene rings is 2. The van der Waals surface area contributed by atoms with E-state index in [-0.39, 0.29) is 50.3 Å². The second kappa shape index (κ2) is 38.7. The molecule has 0 unspecified atom stereocenters. The number of rotatable bonds is 37. The summed E-state index contributed by atoms with van der Waals surface area (Å²) in [6.07, 6.45) is -5.59. The number of nitrogens with two attached hydrogens (primary N) is 1. The highest BCUT2D eigenvalue weighted by molar-refractivity contribution is 5.99. The lowest BCUT2D eigenvalue weighted by atomic mass is 9.95. The second-order valence-corrected chi connectivity index (χ2v) is 23.3. The highest BCUT2D eigenvalue weighted by Crippen LogP contribution is 2.21. The number of carbonyl (C=O) groups is 11. The molecule has 20 N–H and O–H groups in total. The molecule has 0 bridgehead atoms. The third-order valence-corrected chi connectivity index (χ3v) is 13.8. The first-order valence-corrected chi connectivity index (χ1v) is 29.6. The van der Waals surface area contributed by atoms with Crippen molar-refractivity contribution < 1.29 is 92.9 Å². The molecule has 0 saturated carbocycles. The van der Waals surface area contributed by atoms with E-state index in [0.717, 1.165) is 6.92 Å². The normalized spacial score (nSPS) is 15.6. The molecule has 508 valence electrons. The molecular formula is C59H93N13O19. The van der Waals surface area contributed by atoms with Gasteiger partial charge in [-0.05, 0) is 75.8 Å². The summed E-state index contributed by atoms with van der Waals surface area (Å²) in [5, 5.41) is 94.7. The number of nitrogens with one attached hydrogen (secondary N) is 12. The summed E-state index contributed by atoms with van der Waals surface area (Å²) < 4.78 is 11.0. The monoisotopic (exact) mass is 1290 g/mol. The summed E-state index contributed by atoms with van der Waals surface area (Å²) in [7, 11) is 0. The van der Waals surface area contributed by atoms with Crippen molar-refractivity contribution in [1.29, 1.82) is 5.41 Å². The molecule has 32 heteroatoms. The fourth-order valence-electron chi connectivity index (χ4n) is 8.60. The fourth-order valence-corrected chi connectivity index (χ4v) is 8.60. The number of carbonyl (C=O) groups excluding carboxylic acids is 10. The van der Waals surface area contributed by atoms with Crippen molar-refractivity contribution in [3.8, 4) is 0 Å². The van der Waals surface area contributed by atoms with Crippen molar-refractivity contribution in [1.82, 2.24) is 58.5 Å². The van der Waals surface area contributed by atoms with Crippen LogP contribution in [0.3, 0.4) is 0 Å². The molecule has 10 amide bonds. The van der Waals surface area contributed by atoms with Gasteiger partial charge in [0.2, 0.25) is 47.3 Å². The van der Waals surface area contributed by atoms with Gasteiger partial charge in [-0.15, -0.1) is 0 Å². The van der Waals surface area contributed by atoms with Gasteiger partial charge in [0, 0.05) is 6.54 Å². The van der Waals surface area contributed by atoms with E-state index in [2.05, 4.69) is 47.9 Å². The summed E-state index contributed by atoms with van der Waals surface area (Å²) in [6, 6.07) is -0.605. The van der Waals surface area contributed by atoms with E-state index in [0.29, 0.717) is 5.56 Å². The third-order valence-electron chi connectivity index (χ3n) is 13.8. The largest absolute Gasteiger partial charge is 0.480 e. The molecule has 0 aliphatic carbocycles. The van der Waals surface area contributed by atoms with Gasteiger partial charge in [-0.3, -0.25) is 43.8 Å². The van der Waals surface area contributed by atoms with Crippen LogP contribution in [-0.2, 0) is 59.2 Å². The van der Waals surface area contributed by atoms with Gasteiger partial charge in [-0.1, -0.05) is 109 Å². The molecule has 2 rings (SSSR count). The molecule has 32 nitrogen and oxygen atoms in total. The highest BCUT2D eigenvalue weighted by Gasteiger charge is 2.41. The average Bonchev–Trinajstić information content (AvgIpc) is 0.984. The molecule has 91 heavy (non-hydrogen) atoms. The summed E-state index contributed by atoms with van der Waals surface area (Å²) in [5.74, 6) is -13.0. The first-order valence-electron chi connectivity index (χ1n) is 29.6. The predicted molar refractivity (Wildman–Crippen MR) is 327 cm³/mol. The maximum Gasteiger partial charge on any atom is 0.408 e. The SMILES string of the molecule is CC[C@H](C)[C@H](NC(=O)[C@@H](CCCNC(=N)N)NC(=O)[C@H](CC(C)C)NC(=O)[C@@H](NC(=O)[C@@H](NC(=O)OCc1ccccc1)[C@H](NC(=O)OC(C)(C)C)c1ccccc1)[C@H](O)C(C)C)C(=O)N[C@H](C(=O)N[C@H](CO)C(=O)N[C@@H](CO)C(=O)N[C@@H](CO)C(=O)O)[C@H](C)O. The molecular weight excluding hydrogens is 1190 g/mol. The van der Waals surface area contributed by atoms with Gasteiger partial charge in [0.25, 0.3) is 0 Å². The van der Waals surface area contributed by atoms with Gasteiger partial charge < -0.3 is 104 Å². The molecule has 0 fully saturated rings. The quantitative estimate of drug-likeness (QED) is 0.0185. The lowest BCUT2D eigenvalue weighted by Crippen LogP contribution is -2.64. The Morgan fingerprint density at radius 3 is 1.49 bits per heavy atom. The number of ether oxygens (including phenoxy) is 2. The number of guanidine groups is 1. The zero-order valence-corrected chi connectivity index (χ0v) is 52.9. The molecule has 0 aliphatic heterocycles. The number of carboxylic acids is 1. The van der Waals surface area contributed by atoms with E-state index in [4.69, 9.17) is 25.7 Å². The Labute approximate surface area is 527 Å². The minimum Gasteiger partial charge on any atom is -0.480 e. The summed E-state index contributed by atoms with van der Waals surface area (Å²) in [5.41, 5.74) is 5.35. The van der Waals surface area contributed by atoms with Gasteiger partial charge >= 0.3 is 18.2 Å². The van der Waals surface area contributed by atoms with Crippen molar-refractivity contribution in [2.24, 2.45) is 23.5 Å². The number of aliphatic carboxylic acids is 1. The van der Waals surface area contributed by atoms with E-state index in [1.807, 2.05) is 10.6 Å². The predicted octanol–water partition coefficient (Wildman–Crippen LogP) is -2.76. The summed E-state index contributed by atoms with van der Waals surface area (Å²) >= 11 is 0. The van der Waals surface area contributed by atoms with Crippen LogP contribution >= 0.6 is 0 Å². The lowest BCUT2D eigenvalue weighted by molar-refractivity contribution is -0.143. The molecule has 2 aromatic rings. The Hall–Kier alpha value is -8.72. The topological polar surface area (TPSA) is 510 Å². The van der Waals surface area contributed by atoms with Crippen molar-refractivity contribution in [2.75, 3.05) is 26.4 Å². The van der Waals surface area contributed by atoms with Gasteiger partial charge in [-0.25, -0.2) is 14.4 Å². The number of aliphatic hydroxyl groups excluding tert-OH is 5. The smallest absolute Gasteiger partial charge is 0.408 e. The Morgan fingerprint density at radius 1 is 0.549 bits per heavy atom. The van der Waals surface area contributed by atoms with Crippen LogP contribution in [0.1, 0.15) is 112 Å². The van der Waals surface area contributed by atoms with Gasteiger partial charge in [-0.2, -0.15) is 0 Å². The van der Waals surface area contributed by atoms with Crippen LogP contribution in [0.2, 0.25) is 0 Å². The number of hydrogen-bond acceptors (Lipinski definition) is 19. The van der Waals surface area contributed by atoms with E-state index >= 15 is 0 Å². The first-order chi connectivity index (χ1) is 42.7. The van der Waals surface area contributed by atoms with Crippen molar-refractivity contribution in [3.63, 3.8) is 0 Å². The Bertz CT molecular complexity index is 2740. The molecule has 0 aromatic heterocycles. The van der Waals surface area contributed by atoms with Gasteiger partial charge in [0.05, 0.1) is 38.1 Å². The minimum absolute atomic E-state index is 0.00467. The zero-order valence-electron chi connectivity index (χ0n) is 52.9. The molecule has 0 spiro atoms. The van der Waals surface area contributed by atoms with E-state index in [9.17, 15) is 78.3 Å². The van der Waals surface area contributed by atoms with Gasteiger partial charge in [0.15, 0.2) is 5.96 Å². The zero-order chi connectivity index (χ0) is 68.9. The number of alkyl carbamates (subject to hydrolysis) is 2. The maximum atomic E-state index is 14.8. The summed E-state index contributed by atoms with van der Waals surface area (Å²) in [6.45, 7) is 12.1. The Morgan fingerprint density at radius 2 is 1.00 bits per heavy atom. The van der Waals surface area contributed by atoms with Crippen LogP contribution in [0.15, 0.2) is 60.7 Å². The molecule has 0 radical (unpaired) electrons. The van der Waals surface area contributed by atoms with Crippen LogP contribution < -0.4 is 64.2 Å². The standard InChI is InChI=1S/C59H93N13O19/c1-11-32(6)41(51(82)69-42(33(7)76)52(83)66-39(27-74)49(80)65-38(26-73)50(81)67-40(28-75)55(86)87)68-47(78)36(23-18-24-62-56(60)61)63-48(79)37(25-30(2)3)64-54(85)45(46(77)31(4)5)70-53(84)44(72-57(88)90-29-34-19-14-12-15-20-34)43(35-21-16-13-17-22-35)71-58(89)91-59(8,9)10/h12-17,19-22,30-33,36-46,73-77H,11,18,23-29H2,1-10H3,(H,63,79)(H,64,85)(H,65,80)(H,66,83)(H,67,81)(H,68,78)(H,69,82)(H,70,84)(H,71,89)(H,72,88)(H,86,87)(H4,60,61,62)/t32-,33-,36+,37-,38-,39+,40-,41-,42-,43+,44-,45-,46+/m0/s1.